The summed E-state index contributed by atoms with van der Waals surface area (Å²) in [6.07, 6.45) is 0. The molecule has 0 radical (unpaired) electrons. The molecule has 1 rings (SSSR count). The van der Waals surface area contributed by atoms with Crippen LogP contribution in [0.1, 0.15) is 24.2 Å². The van der Waals surface area contributed by atoms with Gasteiger partial charge in [0.05, 0.1) is 17.7 Å². The molecular weight excluding hydrogens is 284 g/mol. The van der Waals surface area contributed by atoms with Crippen LogP contribution in [0.3, 0.4) is 0 Å². The minimum Gasteiger partial charge on any atom is -0.496 e. The highest BCUT2D eigenvalue weighted by Crippen LogP contribution is 2.25. The Bertz CT molecular complexity index is 478. The van der Waals surface area contributed by atoms with Gasteiger partial charge in [0, 0.05) is 5.56 Å². The molecule has 0 aliphatic rings. The molecule has 0 fully saturated rings. The third-order valence-corrected chi connectivity index (χ3v) is 2.74. The number of halogens is 1. The van der Waals surface area contributed by atoms with Gasteiger partial charge in [-0.25, -0.2) is 0 Å². The summed E-state index contributed by atoms with van der Waals surface area (Å²) < 4.78 is 5.77. The molecule has 1 aromatic rings. The highest BCUT2D eigenvalue weighted by molar-refractivity contribution is 9.10. The lowest BCUT2D eigenvalue weighted by Crippen LogP contribution is -2.42. The van der Waals surface area contributed by atoms with E-state index in [1.807, 2.05) is 6.07 Å². The van der Waals surface area contributed by atoms with Crippen molar-refractivity contribution in [1.82, 2.24) is 5.32 Å². The molecule has 1 amide bonds. The molecule has 5 heteroatoms. The first-order valence-electron chi connectivity index (χ1n) is 4.97. The molecule has 0 atom stereocenters. The molecule has 0 saturated carbocycles. The number of ether oxygens (including phenoxy) is 1. The lowest BCUT2D eigenvalue weighted by atomic mass is 10.1. The first-order valence-corrected chi connectivity index (χ1v) is 5.76. The number of nitrogens with zero attached hydrogens (tertiary/aromatic N) is 1. The van der Waals surface area contributed by atoms with Crippen LogP contribution in [0.4, 0.5) is 0 Å². The van der Waals surface area contributed by atoms with Crippen molar-refractivity contribution in [3.05, 3.63) is 28.2 Å². The van der Waals surface area contributed by atoms with Gasteiger partial charge in [-0.3, -0.25) is 4.79 Å². The first-order chi connectivity index (χ1) is 7.89. The average Bonchev–Trinajstić information content (AvgIpc) is 2.28. The van der Waals surface area contributed by atoms with E-state index in [1.54, 1.807) is 39.2 Å². The molecular formula is C12H13BrN2O2. The largest absolute Gasteiger partial charge is 0.496 e. The third kappa shape index (κ3) is 3.46. The number of rotatable bonds is 3. The lowest BCUT2D eigenvalue weighted by molar-refractivity contribution is 0.0929. The fourth-order valence-electron chi connectivity index (χ4n) is 1.19. The van der Waals surface area contributed by atoms with E-state index in [2.05, 4.69) is 21.2 Å². The molecule has 4 nitrogen and oxygen atoms in total. The summed E-state index contributed by atoms with van der Waals surface area (Å²) in [6, 6.07) is 7.00. The first kappa shape index (κ1) is 13.5. The van der Waals surface area contributed by atoms with Crippen LogP contribution in [-0.4, -0.2) is 18.6 Å². The van der Waals surface area contributed by atoms with E-state index in [9.17, 15) is 4.79 Å². The van der Waals surface area contributed by atoms with Crippen LogP contribution in [0.5, 0.6) is 5.75 Å². The molecule has 1 N–H and O–H groups in total. The zero-order valence-electron chi connectivity index (χ0n) is 9.87. The van der Waals surface area contributed by atoms with Crippen molar-refractivity contribution >= 4 is 21.8 Å². The van der Waals surface area contributed by atoms with Gasteiger partial charge in [0.25, 0.3) is 5.91 Å². The number of methoxy groups -OCH3 is 1. The highest BCUT2D eigenvalue weighted by atomic mass is 79.9. The average molecular weight is 297 g/mol. The second kappa shape index (κ2) is 5.19. The molecule has 17 heavy (non-hydrogen) atoms. The minimum absolute atomic E-state index is 0.292. The molecule has 0 saturated heterocycles. The van der Waals surface area contributed by atoms with Gasteiger partial charge < -0.3 is 10.1 Å². The van der Waals surface area contributed by atoms with Crippen molar-refractivity contribution in [2.75, 3.05) is 7.11 Å². The smallest absolute Gasteiger partial charge is 0.252 e. The Balaban J connectivity index is 2.92. The van der Waals surface area contributed by atoms with Crippen molar-refractivity contribution in [1.29, 1.82) is 5.26 Å². The highest BCUT2D eigenvalue weighted by Gasteiger charge is 2.20. The van der Waals surface area contributed by atoms with Gasteiger partial charge in [0.15, 0.2) is 0 Å². The van der Waals surface area contributed by atoms with Crippen LogP contribution < -0.4 is 10.1 Å². The fourth-order valence-corrected chi connectivity index (χ4v) is 1.73. The zero-order valence-corrected chi connectivity index (χ0v) is 11.5. The van der Waals surface area contributed by atoms with Gasteiger partial charge in [-0.1, -0.05) is 0 Å². The normalized spacial score (nSPS) is 10.5. The number of benzene rings is 1. The molecule has 0 heterocycles. The van der Waals surface area contributed by atoms with Crippen molar-refractivity contribution in [3.63, 3.8) is 0 Å². The molecule has 0 aliphatic heterocycles. The molecule has 0 aromatic heterocycles. The standard InChI is InChI=1S/C12H13BrN2O2/c1-12(2,7-14)15-11(16)8-4-5-10(17-3)9(13)6-8/h4-6H,1-3H3,(H,15,16). The van der Waals surface area contributed by atoms with Gasteiger partial charge in [-0.2, -0.15) is 5.26 Å². The fraction of sp³-hybridized carbons (Fsp3) is 0.333. The van der Waals surface area contributed by atoms with Crippen LogP contribution in [-0.2, 0) is 0 Å². The van der Waals surface area contributed by atoms with Gasteiger partial charge in [-0.15, -0.1) is 0 Å². The number of nitriles is 1. The Morgan fingerprint density at radius 3 is 2.65 bits per heavy atom. The number of hydrogen-bond donors (Lipinski definition) is 1. The van der Waals surface area contributed by atoms with Crippen molar-refractivity contribution < 1.29 is 9.53 Å². The second-order valence-electron chi connectivity index (χ2n) is 4.04. The Kier molecular flexibility index (Phi) is 4.13. The number of hydrogen-bond acceptors (Lipinski definition) is 3. The van der Waals surface area contributed by atoms with E-state index < -0.39 is 5.54 Å². The van der Waals surface area contributed by atoms with Crippen LogP contribution in [0.25, 0.3) is 0 Å². The van der Waals surface area contributed by atoms with Crippen molar-refractivity contribution in [3.8, 4) is 11.8 Å². The predicted octanol–water partition coefficient (Wildman–Crippen LogP) is 2.49. The van der Waals surface area contributed by atoms with Crippen LogP contribution in [0.15, 0.2) is 22.7 Å². The summed E-state index contributed by atoms with van der Waals surface area (Å²) in [5.74, 6) is 0.362. The summed E-state index contributed by atoms with van der Waals surface area (Å²) in [4.78, 5) is 11.8. The SMILES string of the molecule is COc1ccc(C(=O)NC(C)(C)C#N)cc1Br. The summed E-state index contributed by atoms with van der Waals surface area (Å²) in [7, 11) is 1.55. The topological polar surface area (TPSA) is 62.1 Å². The third-order valence-electron chi connectivity index (χ3n) is 2.12. The van der Waals surface area contributed by atoms with Crippen LogP contribution >= 0.6 is 15.9 Å². The number of amides is 1. The molecule has 0 bridgehead atoms. The Morgan fingerprint density at radius 1 is 1.53 bits per heavy atom. The van der Waals surface area contributed by atoms with E-state index in [0.717, 1.165) is 0 Å². The quantitative estimate of drug-likeness (QED) is 0.932. The Hall–Kier alpha value is -1.54. The molecule has 90 valence electrons. The summed E-state index contributed by atoms with van der Waals surface area (Å²) in [5, 5.41) is 11.5. The number of nitrogens with one attached hydrogen (secondary N) is 1. The van der Waals surface area contributed by atoms with E-state index in [1.165, 1.54) is 0 Å². The molecule has 0 aliphatic carbocycles. The predicted molar refractivity (Wildman–Crippen MR) is 67.9 cm³/mol. The maximum absolute atomic E-state index is 11.8. The van der Waals surface area contributed by atoms with Gasteiger partial charge in [0.2, 0.25) is 0 Å². The number of carbonyl (C=O) groups is 1. The molecule has 0 spiro atoms. The van der Waals surface area contributed by atoms with Gasteiger partial charge >= 0.3 is 0 Å². The summed E-state index contributed by atoms with van der Waals surface area (Å²) >= 11 is 3.30. The van der Waals surface area contributed by atoms with E-state index in [-0.39, 0.29) is 5.91 Å². The second-order valence-corrected chi connectivity index (χ2v) is 4.89. The van der Waals surface area contributed by atoms with Gasteiger partial charge in [-0.05, 0) is 48.0 Å². The number of carbonyl (C=O) groups excluding carboxylic acids is 1. The Morgan fingerprint density at radius 2 is 2.18 bits per heavy atom. The van der Waals surface area contributed by atoms with E-state index in [4.69, 9.17) is 10.00 Å². The molecule has 0 unspecified atom stereocenters. The van der Waals surface area contributed by atoms with Crippen LogP contribution in [0.2, 0.25) is 0 Å². The lowest BCUT2D eigenvalue weighted by Gasteiger charge is -2.17. The van der Waals surface area contributed by atoms with Crippen molar-refractivity contribution in [2.24, 2.45) is 0 Å². The molecule has 1 aromatic carbocycles. The van der Waals surface area contributed by atoms with Crippen LogP contribution in [0, 0.1) is 11.3 Å². The Labute approximate surface area is 109 Å². The summed E-state index contributed by atoms with van der Waals surface area (Å²) in [6.45, 7) is 3.28. The summed E-state index contributed by atoms with van der Waals surface area (Å²) in [5.41, 5.74) is -0.412. The minimum atomic E-state index is -0.885. The maximum atomic E-state index is 11.8. The van der Waals surface area contributed by atoms with Gasteiger partial charge in [0.1, 0.15) is 11.3 Å². The van der Waals surface area contributed by atoms with Crippen molar-refractivity contribution in [2.45, 2.75) is 19.4 Å². The maximum Gasteiger partial charge on any atom is 0.252 e. The zero-order chi connectivity index (χ0) is 13.1. The monoisotopic (exact) mass is 296 g/mol. The van der Waals surface area contributed by atoms with E-state index >= 15 is 0 Å². The van der Waals surface area contributed by atoms with E-state index in [0.29, 0.717) is 15.8 Å².